The Labute approximate surface area is 357 Å². The van der Waals surface area contributed by atoms with Crippen LogP contribution in [0.5, 0.6) is 0 Å². The van der Waals surface area contributed by atoms with Gasteiger partial charge in [0, 0.05) is 33.5 Å². The molecule has 0 bridgehead atoms. The molecule has 0 atom stereocenters. The van der Waals surface area contributed by atoms with Gasteiger partial charge in [-0.15, -0.1) is 0 Å². The molecule has 0 unspecified atom stereocenters. The van der Waals surface area contributed by atoms with Gasteiger partial charge in [-0.25, -0.2) is 0 Å². The second kappa shape index (κ2) is 14.4. The van der Waals surface area contributed by atoms with Crippen LogP contribution in [0.4, 0.5) is 17.1 Å². The van der Waals surface area contributed by atoms with Gasteiger partial charge in [0.1, 0.15) is 0 Å². The van der Waals surface area contributed by atoms with E-state index in [1.807, 2.05) is 78.9 Å². The van der Waals surface area contributed by atoms with Crippen molar-refractivity contribution >= 4 is 38.9 Å². The quantitative estimate of drug-likeness (QED) is 0.151. The maximum absolute atomic E-state index is 9.73. The lowest BCUT2D eigenvalue weighted by Gasteiger charge is -2.27. The van der Waals surface area contributed by atoms with E-state index in [-0.39, 0.29) is 11.1 Å². The summed E-state index contributed by atoms with van der Waals surface area (Å²) >= 11 is 0. The summed E-state index contributed by atoms with van der Waals surface area (Å²) in [6, 6.07) is 13.1. The van der Waals surface area contributed by atoms with E-state index < -0.39 is 166 Å². The summed E-state index contributed by atoms with van der Waals surface area (Å²) in [4.78, 5) is 0.643. The van der Waals surface area contributed by atoms with Crippen LogP contribution in [-0.4, -0.2) is 4.57 Å². The smallest absolute Gasteiger partial charge is 0.0651 e. The van der Waals surface area contributed by atoms with Gasteiger partial charge >= 0.3 is 0 Å². The number of nitrogens with zero attached hydrogens (tertiary/aromatic N) is 2. The van der Waals surface area contributed by atoms with Gasteiger partial charge in [-0.1, -0.05) is 163 Å². The highest BCUT2D eigenvalue weighted by molar-refractivity contribution is 6.10. The second-order valence-corrected chi connectivity index (χ2v) is 12.6. The van der Waals surface area contributed by atoms with Crippen LogP contribution in [0.3, 0.4) is 0 Å². The fourth-order valence-electron chi connectivity index (χ4n) is 6.71. The van der Waals surface area contributed by atoms with Crippen LogP contribution in [0.2, 0.25) is 0 Å². The van der Waals surface area contributed by atoms with Crippen LogP contribution >= 0.6 is 0 Å². The molecule has 9 aromatic carbocycles. The molecule has 0 amide bonds. The normalized spacial score (nSPS) is 16.5. The standard InChI is InChI=1S/C54H38N2/c1-4-14-39(15-5-1)42-26-33-48(34-27-42)56-53-25-11-10-24-51(53)52-38-46(30-35-54(52)56)43-28-31-47(32-29-43)55(49-22-12-20-44(36-49)40-16-6-2-7-17-40)50-23-13-21-45(37-50)41-18-8-3-9-19-41/h1-38H/i2D,3D,6D,7D,8D,9D,12D,13D,16D,17D,18D,19D,20D,21D,22D,23D,28D,29D,31D,32D,36D. The first kappa shape index (κ1) is 17.8. The average Bonchev–Trinajstić information content (AvgIpc) is 3.88. The molecule has 2 heteroatoms. The van der Waals surface area contributed by atoms with Gasteiger partial charge < -0.3 is 9.47 Å². The SMILES string of the molecule is [2H]c1c(-c2c([2H])c([2H])c([2H])c([2H])c2[2H])cc(N(c2c([2H])c([2H])c(-c3ccc4c(c3)c3ccccc3n4-c3ccc(-c4ccccc4)cc3)c([2H])c2[2H])c2c([2H])c([2H])c([2H])c(-c3c([2H])c([2H])c([2H])c([2H])c3[2H])c2[2H])c([2H])c1[2H]. The molecule has 1 aromatic heterocycles. The summed E-state index contributed by atoms with van der Waals surface area (Å²) in [5.41, 5.74) is -0.713. The highest BCUT2D eigenvalue weighted by atomic mass is 15.1. The third-order valence-corrected chi connectivity index (χ3v) is 9.29. The van der Waals surface area contributed by atoms with Crippen molar-refractivity contribution in [3.05, 3.63) is 230 Å². The third-order valence-electron chi connectivity index (χ3n) is 9.29. The summed E-state index contributed by atoms with van der Waals surface area (Å²) in [6.07, 6.45) is 0. The first-order valence-corrected chi connectivity index (χ1v) is 17.5. The van der Waals surface area contributed by atoms with E-state index in [2.05, 4.69) is 4.57 Å². The number of anilines is 3. The lowest BCUT2D eigenvalue weighted by molar-refractivity contribution is 1.18. The van der Waals surface area contributed by atoms with Gasteiger partial charge in [-0.2, -0.15) is 0 Å². The van der Waals surface area contributed by atoms with E-state index in [1.165, 1.54) is 0 Å². The van der Waals surface area contributed by atoms with Gasteiger partial charge in [0.25, 0.3) is 0 Å². The zero-order valence-corrected chi connectivity index (χ0v) is 29.2. The van der Waals surface area contributed by atoms with Crippen LogP contribution in [0.15, 0.2) is 230 Å². The fourth-order valence-corrected chi connectivity index (χ4v) is 6.71. The Hall–Kier alpha value is -7.42. The highest BCUT2D eigenvalue weighted by Gasteiger charge is 2.17. The van der Waals surface area contributed by atoms with Crippen molar-refractivity contribution in [3.63, 3.8) is 0 Å². The molecule has 56 heavy (non-hydrogen) atoms. The summed E-state index contributed by atoms with van der Waals surface area (Å²) in [5, 5.41) is 1.47. The first-order valence-electron chi connectivity index (χ1n) is 28.0. The van der Waals surface area contributed by atoms with Gasteiger partial charge in [0.2, 0.25) is 0 Å². The zero-order valence-electron chi connectivity index (χ0n) is 50.2. The predicted octanol–water partition coefficient (Wildman–Crippen LogP) is 14.9. The number of aromatic nitrogens is 1. The lowest BCUT2D eigenvalue weighted by atomic mass is 10.0. The van der Waals surface area contributed by atoms with Crippen LogP contribution in [0.25, 0.3) is 72.0 Å². The molecule has 10 rings (SSSR count). The largest absolute Gasteiger partial charge is 0.310 e. The molecule has 0 N–H and O–H groups in total. The molecule has 264 valence electrons. The van der Waals surface area contributed by atoms with Crippen LogP contribution in [0, 0.1) is 0 Å². The summed E-state index contributed by atoms with van der Waals surface area (Å²) in [6.45, 7) is 0. The van der Waals surface area contributed by atoms with E-state index in [4.69, 9.17) is 19.2 Å². The molecule has 0 saturated carbocycles. The van der Waals surface area contributed by atoms with Crippen molar-refractivity contribution < 1.29 is 28.8 Å². The average molecular weight is 736 g/mol. The monoisotopic (exact) mass is 735 g/mol. The van der Waals surface area contributed by atoms with Crippen molar-refractivity contribution in [1.82, 2.24) is 4.57 Å². The molecule has 0 aliphatic rings. The fraction of sp³-hybridized carbons (Fsp3) is 0. The van der Waals surface area contributed by atoms with E-state index in [0.717, 1.165) is 39.3 Å². The van der Waals surface area contributed by atoms with Crippen molar-refractivity contribution in [2.45, 2.75) is 0 Å². The van der Waals surface area contributed by atoms with E-state index in [9.17, 15) is 9.60 Å². The van der Waals surface area contributed by atoms with Crippen LogP contribution in [0.1, 0.15) is 28.8 Å². The maximum atomic E-state index is 9.73. The van der Waals surface area contributed by atoms with E-state index >= 15 is 0 Å². The summed E-state index contributed by atoms with van der Waals surface area (Å²) in [7, 11) is 0. The first-order chi connectivity index (χ1) is 36.5. The Balaban J connectivity index is 1.26. The molecule has 0 spiro atoms. The second-order valence-electron chi connectivity index (χ2n) is 12.6. The van der Waals surface area contributed by atoms with Crippen molar-refractivity contribution in [1.29, 1.82) is 0 Å². The molecule has 10 aromatic rings. The molecular weight excluding hydrogens is 677 g/mol. The summed E-state index contributed by atoms with van der Waals surface area (Å²) < 4.78 is 190. The number of benzene rings is 9. The van der Waals surface area contributed by atoms with Gasteiger partial charge in [0.05, 0.1) is 39.8 Å². The zero-order chi connectivity index (χ0) is 55.5. The van der Waals surface area contributed by atoms with Crippen molar-refractivity contribution in [3.8, 4) is 50.2 Å². The Bertz CT molecular complexity index is 4090. The number of fused-ring (bicyclic) bond motifs is 3. The molecule has 0 aliphatic heterocycles. The molecule has 0 radical (unpaired) electrons. The Morgan fingerprint density at radius 3 is 1.66 bits per heavy atom. The molecule has 0 aliphatic carbocycles. The molecule has 2 nitrogen and oxygen atoms in total. The Morgan fingerprint density at radius 1 is 0.339 bits per heavy atom. The van der Waals surface area contributed by atoms with Gasteiger partial charge in [0.15, 0.2) is 0 Å². The number of para-hydroxylation sites is 1. The van der Waals surface area contributed by atoms with Crippen LogP contribution < -0.4 is 4.90 Å². The van der Waals surface area contributed by atoms with E-state index in [1.54, 1.807) is 18.2 Å². The minimum atomic E-state index is -1.03. The van der Waals surface area contributed by atoms with Crippen molar-refractivity contribution in [2.24, 2.45) is 0 Å². The molecule has 1 heterocycles. The summed E-state index contributed by atoms with van der Waals surface area (Å²) in [5.74, 6) is 0. The topological polar surface area (TPSA) is 8.17 Å². The van der Waals surface area contributed by atoms with Gasteiger partial charge in [-0.3, -0.25) is 0 Å². The predicted molar refractivity (Wildman–Crippen MR) is 237 cm³/mol. The van der Waals surface area contributed by atoms with Crippen molar-refractivity contribution in [2.75, 3.05) is 4.90 Å². The minimum absolute atomic E-state index is 0.219. The number of rotatable bonds is 8. The maximum Gasteiger partial charge on any atom is 0.0651 e. The van der Waals surface area contributed by atoms with Gasteiger partial charge in [-0.05, 0) is 111 Å². The van der Waals surface area contributed by atoms with E-state index in [0.29, 0.717) is 10.3 Å². The minimum Gasteiger partial charge on any atom is -0.310 e. The number of hydrogen-bond acceptors (Lipinski definition) is 1. The Morgan fingerprint density at radius 2 is 0.911 bits per heavy atom. The molecule has 0 fully saturated rings. The molecule has 0 saturated heterocycles. The third kappa shape index (κ3) is 6.24. The molecular formula is C54H38N2. The highest BCUT2D eigenvalue weighted by Crippen LogP contribution is 2.40. The Kier molecular flexibility index (Phi) is 4.59. The van der Waals surface area contributed by atoms with Crippen LogP contribution in [-0.2, 0) is 0 Å². The number of hydrogen-bond donors (Lipinski definition) is 0. The lowest BCUT2D eigenvalue weighted by Crippen LogP contribution is -2.10.